The minimum atomic E-state index is 0.0230. The fraction of sp³-hybridized carbons (Fsp3) is 0.400. The lowest BCUT2D eigenvalue weighted by atomic mass is 10.00. The van der Waals surface area contributed by atoms with Crippen molar-refractivity contribution in [2.75, 3.05) is 13.2 Å². The van der Waals surface area contributed by atoms with Crippen LogP contribution in [-0.2, 0) is 22.7 Å². The van der Waals surface area contributed by atoms with Crippen molar-refractivity contribution in [2.24, 2.45) is 5.92 Å². The van der Waals surface area contributed by atoms with Crippen molar-refractivity contribution >= 4 is 27.2 Å². The van der Waals surface area contributed by atoms with Crippen LogP contribution in [0.2, 0.25) is 0 Å². The fourth-order valence-electron chi connectivity index (χ4n) is 3.16. The van der Waals surface area contributed by atoms with Crippen LogP contribution in [-0.4, -0.2) is 24.2 Å². The van der Waals surface area contributed by atoms with Crippen LogP contribution < -0.4 is 0 Å². The van der Waals surface area contributed by atoms with E-state index in [4.69, 9.17) is 14.0 Å². The molecule has 0 radical (unpaired) electrons. The van der Waals surface area contributed by atoms with Gasteiger partial charge in [-0.25, -0.2) is 0 Å². The SMILES string of the molecule is O=C(CCC1CCOC1)c1cc(COCc2ccc3sccc3c2)on1. The monoisotopic (exact) mass is 371 g/mol. The average molecular weight is 371 g/mol. The highest BCUT2D eigenvalue weighted by molar-refractivity contribution is 7.17. The molecular formula is C20H21NO4S. The van der Waals surface area contributed by atoms with Crippen molar-refractivity contribution in [1.29, 1.82) is 0 Å². The van der Waals surface area contributed by atoms with Gasteiger partial charge in [0, 0.05) is 30.4 Å². The van der Waals surface area contributed by atoms with E-state index in [1.807, 2.05) is 0 Å². The van der Waals surface area contributed by atoms with Gasteiger partial charge >= 0.3 is 0 Å². The zero-order valence-electron chi connectivity index (χ0n) is 14.5. The Kier molecular flexibility index (Phi) is 5.43. The van der Waals surface area contributed by atoms with Gasteiger partial charge < -0.3 is 14.0 Å². The van der Waals surface area contributed by atoms with Crippen molar-refractivity contribution in [1.82, 2.24) is 5.16 Å². The highest BCUT2D eigenvalue weighted by Gasteiger charge is 2.19. The number of aromatic nitrogens is 1. The number of ketones is 1. The van der Waals surface area contributed by atoms with Gasteiger partial charge in [-0.05, 0) is 53.3 Å². The van der Waals surface area contributed by atoms with Gasteiger partial charge in [-0.15, -0.1) is 11.3 Å². The molecule has 4 rings (SSSR count). The Morgan fingerprint density at radius 1 is 1.27 bits per heavy atom. The molecule has 136 valence electrons. The number of hydrogen-bond donors (Lipinski definition) is 0. The van der Waals surface area contributed by atoms with E-state index in [0.29, 0.717) is 37.0 Å². The van der Waals surface area contributed by atoms with Gasteiger partial charge in [0.25, 0.3) is 0 Å². The summed E-state index contributed by atoms with van der Waals surface area (Å²) < 4.78 is 17.6. The molecule has 5 nitrogen and oxygen atoms in total. The van der Waals surface area contributed by atoms with Crippen molar-refractivity contribution in [3.8, 4) is 0 Å². The van der Waals surface area contributed by atoms with E-state index in [9.17, 15) is 4.79 Å². The summed E-state index contributed by atoms with van der Waals surface area (Å²) in [6.45, 7) is 2.38. The van der Waals surface area contributed by atoms with Crippen LogP contribution in [0.25, 0.3) is 10.1 Å². The Morgan fingerprint density at radius 2 is 2.23 bits per heavy atom. The van der Waals surface area contributed by atoms with Gasteiger partial charge in [-0.3, -0.25) is 4.79 Å². The van der Waals surface area contributed by atoms with Crippen LogP contribution >= 0.6 is 11.3 Å². The Labute approximate surface area is 155 Å². The first-order chi connectivity index (χ1) is 12.8. The molecule has 1 aromatic carbocycles. The third-order valence-electron chi connectivity index (χ3n) is 4.68. The number of benzene rings is 1. The van der Waals surface area contributed by atoms with E-state index in [0.717, 1.165) is 31.6 Å². The third kappa shape index (κ3) is 4.20. The molecule has 3 aromatic rings. The van der Waals surface area contributed by atoms with Crippen molar-refractivity contribution in [3.63, 3.8) is 0 Å². The lowest BCUT2D eigenvalue weighted by molar-refractivity contribution is 0.0879. The van der Waals surface area contributed by atoms with Gasteiger partial charge in [0.1, 0.15) is 12.3 Å². The highest BCUT2D eigenvalue weighted by Crippen LogP contribution is 2.22. The van der Waals surface area contributed by atoms with Crippen LogP contribution in [0.1, 0.15) is 41.1 Å². The number of ether oxygens (including phenoxy) is 2. The number of Topliss-reactive ketones (excluding diaryl/α,β-unsaturated/α-hetero) is 1. The standard InChI is InChI=1S/C20H21NO4S/c22-19(3-1-14-5-7-23-11-14)18-10-17(25-21-18)13-24-12-15-2-4-20-16(9-15)6-8-26-20/h2,4,6,8-10,14H,1,3,5,7,11-13H2. The number of hydrogen-bond acceptors (Lipinski definition) is 6. The molecule has 1 unspecified atom stereocenters. The van der Waals surface area contributed by atoms with Crippen LogP contribution in [0, 0.1) is 5.92 Å². The van der Waals surface area contributed by atoms with Crippen molar-refractivity contribution in [2.45, 2.75) is 32.5 Å². The summed E-state index contributed by atoms with van der Waals surface area (Å²) in [5.74, 6) is 1.10. The van der Waals surface area contributed by atoms with Gasteiger partial charge in [-0.2, -0.15) is 0 Å². The van der Waals surface area contributed by atoms with Crippen molar-refractivity contribution < 1.29 is 18.8 Å². The molecule has 1 fully saturated rings. The molecule has 2 aromatic heterocycles. The number of fused-ring (bicyclic) bond motifs is 1. The molecule has 0 N–H and O–H groups in total. The first-order valence-electron chi connectivity index (χ1n) is 8.88. The Bertz CT molecular complexity index is 879. The normalized spacial score (nSPS) is 17.2. The smallest absolute Gasteiger partial charge is 0.184 e. The molecule has 1 aliphatic heterocycles. The van der Waals surface area contributed by atoms with Gasteiger partial charge in [0.2, 0.25) is 0 Å². The first-order valence-corrected chi connectivity index (χ1v) is 9.76. The van der Waals surface area contributed by atoms with E-state index >= 15 is 0 Å². The Hall–Kier alpha value is -2.02. The van der Waals surface area contributed by atoms with Gasteiger partial charge in [0.05, 0.1) is 6.61 Å². The molecule has 3 heterocycles. The predicted octanol–water partition coefficient (Wildman–Crippen LogP) is 4.61. The summed E-state index contributed by atoms with van der Waals surface area (Å²) in [5.41, 5.74) is 1.51. The number of rotatable bonds is 8. The average Bonchev–Trinajstić information content (AvgIpc) is 3.40. The molecular weight excluding hydrogens is 350 g/mol. The first kappa shape index (κ1) is 17.4. The Morgan fingerprint density at radius 3 is 3.12 bits per heavy atom. The summed E-state index contributed by atoms with van der Waals surface area (Å²) in [5, 5.41) is 7.20. The Balaban J connectivity index is 1.25. The number of thiophene rings is 1. The molecule has 1 aliphatic rings. The van der Waals surface area contributed by atoms with E-state index < -0.39 is 0 Å². The second-order valence-corrected chi connectivity index (χ2v) is 7.60. The maximum absolute atomic E-state index is 12.2. The van der Waals surface area contributed by atoms with Crippen LogP contribution in [0.4, 0.5) is 0 Å². The minimum Gasteiger partial charge on any atom is -0.381 e. The second kappa shape index (κ2) is 8.12. The van der Waals surface area contributed by atoms with Crippen molar-refractivity contribution in [3.05, 3.63) is 52.7 Å². The molecule has 26 heavy (non-hydrogen) atoms. The third-order valence-corrected chi connectivity index (χ3v) is 5.58. The lowest BCUT2D eigenvalue weighted by Gasteiger charge is -2.04. The number of nitrogens with zero attached hydrogens (tertiary/aromatic N) is 1. The minimum absolute atomic E-state index is 0.0230. The second-order valence-electron chi connectivity index (χ2n) is 6.66. The topological polar surface area (TPSA) is 61.6 Å². The van der Waals surface area contributed by atoms with Crippen LogP contribution in [0.15, 0.2) is 40.2 Å². The van der Waals surface area contributed by atoms with E-state index in [-0.39, 0.29) is 5.78 Å². The predicted molar refractivity (Wildman–Crippen MR) is 99.3 cm³/mol. The number of carbonyl (C=O) groups is 1. The molecule has 0 bridgehead atoms. The summed E-state index contributed by atoms with van der Waals surface area (Å²) >= 11 is 1.73. The quantitative estimate of drug-likeness (QED) is 0.541. The molecule has 1 saturated heterocycles. The molecule has 0 spiro atoms. The number of carbonyl (C=O) groups excluding carboxylic acids is 1. The molecule has 0 amide bonds. The molecule has 0 saturated carbocycles. The summed E-state index contributed by atoms with van der Waals surface area (Å²) in [4.78, 5) is 12.2. The summed E-state index contributed by atoms with van der Waals surface area (Å²) in [6, 6.07) is 10.1. The van der Waals surface area contributed by atoms with E-state index in [2.05, 4.69) is 34.8 Å². The molecule has 1 atom stereocenters. The lowest BCUT2D eigenvalue weighted by Crippen LogP contribution is -2.05. The van der Waals surface area contributed by atoms with Crippen LogP contribution in [0.3, 0.4) is 0 Å². The fourth-order valence-corrected chi connectivity index (χ4v) is 3.93. The van der Waals surface area contributed by atoms with Gasteiger partial charge in [0.15, 0.2) is 11.5 Å². The van der Waals surface area contributed by atoms with Gasteiger partial charge in [-0.1, -0.05) is 11.2 Å². The highest BCUT2D eigenvalue weighted by atomic mass is 32.1. The zero-order chi connectivity index (χ0) is 17.8. The summed E-state index contributed by atoms with van der Waals surface area (Å²) in [7, 11) is 0. The molecule has 0 aliphatic carbocycles. The molecule has 6 heteroatoms. The summed E-state index contributed by atoms with van der Waals surface area (Å²) in [6.07, 6.45) is 2.38. The van der Waals surface area contributed by atoms with E-state index in [1.54, 1.807) is 17.4 Å². The largest absolute Gasteiger partial charge is 0.381 e. The van der Waals surface area contributed by atoms with Crippen LogP contribution in [0.5, 0.6) is 0 Å². The maximum Gasteiger partial charge on any atom is 0.184 e. The zero-order valence-corrected chi connectivity index (χ0v) is 15.3. The van der Waals surface area contributed by atoms with E-state index in [1.165, 1.54) is 10.1 Å². The maximum atomic E-state index is 12.2.